The van der Waals surface area contributed by atoms with E-state index in [1.54, 1.807) is 43.3 Å². The number of nitrogens with one attached hydrogen (secondary N) is 2. The molecule has 0 aliphatic heterocycles. The van der Waals surface area contributed by atoms with Crippen molar-refractivity contribution in [2.45, 2.75) is 20.0 Å². The molecular weight excluding hydrogens is 316 g/mol. The van der Waals surface area contributed by atoms with Crippen molar-refractivity contribution in [1.82, 2.24) is 10.9 Å². The van der Waals surface area contributed by atoms with E-state index in [9.17, 15) is 9.59 Å². The summed E-state index contributed by atoms with van der Waals surface area (Å²) >= 11 is 5.92. The molecule has 5 nitrogen and oxygen atoms in total. The molecule has 2 amide bonds. The zero-order chi connectivity index (χ0) is 16.8. The van der Waals surface area contributed by atoms with Crippen LogP contribution in [0.2, 0.25) is 5.02 Å². The second-order valence-electron chi connectivity index (χ2n) is 5.00. The third-order valence-electron chi connectivity index (χ3n) is 3.12. The van der Waals surface area contributed by atoms with Gasteiger partial charge in [0.2, 0.25) is 0 Å². The largest absolute Gasteiger partial charge is 0.481 e. The molecule has 120 valence electrons. The summed E-state index contributed by atoms with van der Waals surface area (Å²) in [5, 5.41) is 0.309. The first-order valence-electron chi connectivity index (χ1n) is 7.05. The Labute approximate surface area is 139 Å². The molecule has 2 aromatic carbocycles. The van der Waals surface area contributed by atoms with Gasteiger partial charge in [0.25, 0.3) is 11.8 Å². The van der Waals surface area contributed by atoms with Crippen LogP contribution in [0.1, 0.15) is 22.8 Å². The summed E-state index contributed by atoms with van der Waals surface area (Å²) in [5.41, 5.74) is 6.01. The summed E-state index contributed by atoms with van der Waals surface area (Å²) in [5.74, 6) is -0.381. The van der Waals surface area contributed by atoms with Crippen molar-refractivity contribution in [2.75, 3.05) is 0 Å². The van der Waals surface area contributed by atoms with Gasteiger partial charge in [0.05, 0.1) is 10.6 Å². The molecule has 1 atom stereocenters. The van der Waals surface area contributed by atoms with Crippen LogP contribution in [-0.4, -0.2) is 17.9 Å². The van der Waals surface area contributed by atoms with Crippen molar-refractivity contribution in [3.63, 3.8) is 0 Å². The molecule has 0 radical (unpaired) electrons. The number of aryl methyl sites for hydroxylation is 1. The van der Waals surface area contributed by atoms with Gasteiger partial charge in [0, 0.05) is 0 Å². The van der Waals surface area contributed by atoms with E-state index in [4.69, 9.17) is 16.3 Å². The van der Waals surface area contributed by atoms with Crippen LogP contribution in [0.25, 0.3) is 0 Å². The molecule has 0 saturated heterocycles. The van der Waals surface area contributed by atoms with E-state index >= 15 is 0 Å². The first kappa shape index (κ1) is 16.8. The highest BCUT2D eigenvalue weighted by atomic mass is 35.5. The standard InChI is InChI=1S/C17H17ClN2O3/c1-11-7-9-13(10-8-11)23-12(2)16(21)19-20-17(22)14-5-3-4-6-15(14)18/h3-10,12H,1-2H3,(H,19,21)(H,20,22). The number of ether oxygens (including phenoxy) is 1. The molecule has 0 aliphatic carbocycles. The summed E-state index contributed by atoms with van der Waals surface area (Å²) in [6.07, 6.45) is -0.760. The maximum atomic E-state index is 12.0. The lowest BCUT2D eigenvalue weighted by Crippen LogP contribution is -2.47. The van der Waals surface area contributed by atoms with Crippen molar-refractivity contribution in [3.8, 4) is 5.75 Å². The van der Waals surface area contributed by atoms with E-state index in [-0.39, 0.29) is 5.56 Å². The molecule has 0 fully saturated rings. The molecule has 0 bridgehead atoms. The van der Waals surface area contributed by atoms with Crippen LogP contribution in [0.15, 0.2) is 48.5 Å². The fourth-order valence-corrected chi connectivity index (χ4v) is 2.03. The Balaban J connectivity index is 1.87. The highest BCUT2D eigenvalue weighted by Gasteiger charge is 2.16. The minimum Gasteiger partial charge on any atom is -0.481 e. The highest BCUT2D eigenvalue weighted by Crippen LogP contribution is 2.14. The SMILES string of the molecule is Cc1ccc(OC(C)C(=O)NNC(=O)c2ccccc2Cl)cc1. The Kier molecular flexibility index (Phi) is 5.60. The smallest absolute Gasteiger partial charge is 0.279 e. The molecule has 0 aliphatic rings. The van der Waals surface area contributed by atoms with Gasteiger partial charge in [-0.15, -0.1) is 0 Å². The lowest BCUT2D eigenvalue weighted by molar-refractivity contribution is -0.128. The van der Waals surface area contributed by atoms with Gasteiger partial charge in [-0.1, -0.05) is 41.4 Å². The van der Waals surface area contributed by atoms with Gasteiger partial charge in [-0.2, -0.15) is 0 Å². The average molecular weight is 333 g/mol. The van der Waals surface area contributed by atoms with Gasteiger partial charge in [-0.25, -0.2) is 0 Å². The molecule has 2 aromatic rings. The summed E-state index contributed by atoms with van der Waals surface area (Å²) in [6.45, 7) is 3.56. The molecule has 0 spiro atoms. The van der Waals surface area contributed by atoms with Gasteiger partial charge in [0.15, 0.2) is 6.10 Å². The van der Waals surface area contributed by atoms with Gasteiger partial charge in [0.1, 0.15) is 5.75 Å². The summed E-state index contributed by atoms with van der Waals surface area (Å²) < 4.78 is 5.50. The average Bonchev–Trinajstić information content (AvgIpc) is 2.54. The van der Waals surface area contributed by atoms with E-state index in [2.05, 4.69) is 10.9 Å². The predicted molar refractivity (Wildman–Crippen MR) is 88.3 cm³/mol. The molecule has 6 heteroatoms. The molecular formula is C17H17ClN2O3. The van der Waals surface area contributed by atoms with Gasteiger partial charge in [-0.05, 0) is 38.1 Å². The summed E-state index contributed by atoms with van der Waals surface area (Å²) in [4.78, 5) is 23.9. The number of halogens is 1. The van der Waals surface area contributed by atoms with Crippen LogP contribution >= 0.6 is 11.6 Å². The third-order valence-corrected chi connectivity index (χ3v) is 3.45. The second-order valence-corrected chi connectivity index (χ2v) is 5.40. The number of carbonyl (C=O) groups excluding carboxylic acids is 2. The van der Waals surface area contributed by atoms with Crippen molar-refractivity contribution in [3.05, 3.63) is 64.7 Å². The van der Waals surface area contributed by atoms with E-state index < -0.39 is 17.9 Å². The molecule has 0 saturated carbocycles. The van der Waals surface area contributed by atoms with Crippen molar-refractivity contribution < 1.29 is 14.3 Å². The molecule has 0 heterocycles. The number of carbonyl (C=O) groups is 2. The number of hydrazine groups is 1. The van der Waals surface area contributed by atoms with E-state index in [0.717, 1.165) is 5.56 Å². The second kappa shape index (κ2) is 7.65. The van der Waals surface area contributed by atoms with Crippen LogP contribution in [-0.2, 0) is 4.79 Å². The van der Waals surface area contributed by atoms with Crippen LogP contribution in [0.3, 0.4) is 0 Å². The fourth-order valence-electron chi connectivity index (χ4n) is 1.81. The lowest BCUT2D eigenvalue weighted by atomic mass is 10.2. The monoisotopic (exact) mass is 332 g/mol. The van der Waals surface area contributed by atoms with E-state index in [0.29, 0.717) is 10.8 Å². The molecule has 0 aromatic heterocycles. The predicted octanol–water partition coefficient (Wildman–Crippen LogP) is 2.88. The topological polar surface area (TPSA) is 67.4 Å². The molecule has 23 heavy (non-hydrogen) atoms. The van der Waals surface area contributed by atoms with E-state index in [1.165, 1.54) is 0 Å². The van der Waals surface area contributed by atoms with E-state index in [1.807, 2.05) is 19.1 Å². The maximum Gasteiger partial charge on any atom is 0.279 e. The van der Waals surface area contributed by atoms with Crippen LogP contribution in [0.5, 0.6) is 5.75 Å². The van der Waals surface area contributed by atoms with Gasteiger partial charge in [-0.3, -0.25) is 20.4 Å². The molecule has 2 rings (SSSR count). The van der Waals surface area contributed by atoms with Crippen molar-refractivity contribution >= 4 is 23.4 Å². The van der Waals surface area contributed by atoms with Crippen molar-refractivity contribution in [2.24, 2.45) is 0 Å². The summed E-state index contributed by atoms with van der Waals surface area (Å²) in [7, 11) is 0. The zero-order valence-corrected chi connectivity index (χ0v) is 13.6. The van der Waals surface area contributed by atoms with Gasteiger partial charge < -0.3 is 4.74 Å². The van der Waals surface area contributed by atoms with Crippen molar-refractivity contribution in [1.29, 1.82) is 0 Å². The Bertz CT molecular complexity index is 701. The Morgan fingerprint density at radius 1 is 1.04 bits per heavy atom. The quantitative estimate of drug-likeness (QED) is 0.846. The summed E-state index contributed by atoms with van der Waals surface area (Å²) in [6, 6.07) is 13.9. The van der Waals surface area contributed by atoms with Crippen LogP contribution < -0.4 is 15.6 Å². The zero-order valence-electron chi connectivity index (χ0n) is 12.8. The lowest BCUT2D eigenvalue weighted by Gasteiger charge is -2.15. The fraction of sp³-hybridized carbons (Fsp3) is 0.176. The molecule has 1 unspecified atom stereocenters. The normalized spacial score (nSPS) is 11.4. The Hall–Kier alpha value is -2.53. The van der Waals surface area contributed by atoms with Crippen LogP contribution in [0, 0.1) is 6.92 Å². The Morgan fingerprint density at radius 2 is 1.70 bits per heavy atom. The first-order chi connectivity index (χ1) is 11.0. The number of hydrogen-bond donors (Lipinski definition) is 2. The van der Waals surface area contributed by atoms with Crippen LogP contribution in [0.4, 0.5) is 0 Å². The maximum absolute atomic E-state index is 12.0. The number of hydrogen-bond acceptors (Lipinski definition) is 3. The minimum absolute atomic E-state index is 0.279. The highest BCUT2D eigenvalue weighted by molar-refractivity contribution is 6.33. The third kappa shape index (κ3) is 4.72. The molecule has 2 N–H and O–H groups in total. The minimum atomic E-state index is -0.760. The number of benzene rings is 2. The number of amides is 2. The first-order valence-corrected chi connectivity index (χ1v) is 7.43. The van der Waals surface area contributed by atoms with Gasteiger partial charge >= 0.3 is 0 Å². The number of rotatable bonds is 4. The Morgan fingerprint density at radius 3 is 2.35 bits per heavy atom.